The molecule has 4 heterocycles. The van der Waals surface area contributed by atoms with Crippen LogP contribution in [0.4, 0.5) is 34.1 Å². The van der Waals surface area contributed by atoms with Gasteiger partial charge in [0.25, 0.3) is 6.71 Å². The van der Waals surface area contributed by atoms with Crippen molar-refractivity contribution < 1.29 is 5.48 Å². The van der Waals surface area contributed by atoms with Gasteiger partial charge in [-0.1, -0.05) is 362 Å². The number of rotatable bonds is 14. The predicted molar refractivity (Wildman–Crippen MR) is 583 cm³/mol. The summed E-state index contributed by atoms with van der Waals surface area (Å²) in [4.78, 5) is 5.39. The summed E-state index contributed by atoms with van der Waals surface area (Å²) in [6, 6.07) is 94.9. The molecule has 0 bridgehead atoms. The molecule has 2 aliphatic rings. The smallest absolute Gasteiger partial charge is 0.252 e. The Morgan fingerprint density at radius 3 is 0.722 bits per heavy atom. The van der Waals surface area contributed by atoms with Gasteiger partial charge in [0.2, 0.25) is 0 Å². The largest absolute Gasteiger partial charge is 0.310 e. The number of benzene rings is 13. The van der Waals surface area contributed by atoms with E-state index < -0.39 is 35.7 Å². The maximum atomic E-state index is 10.8. The lowest BCUT2D eigenvalue weighted by atomic mass is 9.33. The molecule has 17 rings (SSSR count). The van der Waals surface area contributed by atoms with E-state index in [1.807, 2.05) is 0 Å². The van der Waals surface area contributed by atoms with E-state index in [2.05, 4.69) is 490 Å². The summed E-state index contributed by atoms with van der Waals surface area (Å²) < 4.78 is 48.1. The Labute approximate surface area is 806 Å². The van der Waals surface area contributed by atoms with Crippen molar-refractivity contribution in [1.29, 1.82) is 0 Å². The summed E-state index contributed by atoms with van der Waals surface area (Å²) in [7, 11) is 0. The average molecular weight is 1760 g/mol. The molecule has 0 N–H and O–H groups in total. The van der Waals surface area contributed by atoms with Gasteiger partial charge in [0, 0.05) is 83.4 Å². The highest BCUT2D eigenvalue weighted by Crippen LogP contribution is 2.57. The highest BCUT2D eigenvalue weighted by atomic mass is 15.2. The fourth-order valence-corrected chi connectivity index (χ4v) is 21.1. The number of fused-ring (bicyclic) bond motifs is 10. The number of aromatic nitrogens is 2. The summed E-state index contributed by atoms with van der Waals surface area (Å²) in [6.45, 7) is 75.0. The third-order valence-corrected chi connectivity index (χ3v) is 27.0. The third kappa shape index (κ3) is 19.2. The Balaban J connectivity index is 1.12. The van der Waals surface area contributed by atoms with Crippen LogP contribution in [0, 0.1) is 32.5 Å². The van der Waals surface area contributed by atoms with Gasteiger partial charge < -0.3 is 18.9 Å². The quantitative estimate of drug-likeness (QED) is 0.101. The minimum atomic E-state index is -1.84. The first kappa shape index (κ1) is 88.7. The molecule has 0 aliphatic carbocycles. The first-order valence-corrected chi connectivity index (χ1v) is 49.3. The van der Waals surface area contributed by atoms with Crippen LogP contribution in [-0.4, -0.2) is 15.8 Å². The average Bonchev–Trinajstić information content (AvgIpc) is 0.817. The second kappa shape index (κ2) is 33.0. The summed E-state index contributed by atoms with van der Waals surface area (Å²) >= 11 is 0. The van der Waals surface area contributed by atoms with Crippen molar-refractivity contribution in [1.82, 2.24) is 9.13 Å². The SMILES string of the molecule is [2H]C([2H])(c1cc(-c2cccc(CC(C)(C)C)c2)c(N2c3cc(-n4c5ccc(C(C)(C)C)cc5c5cc(C(C)(C)C)ccc54)ccc3B3c4ccc(-n5c6ccc(C(C)(C)C)cc6c6cc(C(C)(C)C)ccc65)cc4N(c4c(-c5cccc(CC(C)(C)C)c5)cc(C([2H])([2H])C(C)(C)C)cc4-c4cccc(CC(C)(C)C)c4)c4cc(C(C)(C)C)cc2c43)c(-c2cccc(CC(C)(C)C)c2)c1)C(C)(C)C. The van der Waals surface area contributed by atoms with E-state index in [0.29, 0.717) is 11.1 Å². The molecular weight excluding hydrogens is 1600 g/mol. The Morgan fingerprint density at radius 1 is 0.233 bits per heavy atom. The van der Waals surface area contributed by atoms with Crippen molar-refractivity contribution in [2.45, 2.75) is 294 Å². The van der Waals surface area contributed by atoms with Crippen molar-refractivity contribution >= 4 is 101 Å². The number of hydrogen-bond donors (Lipinski definition) is 0. The molecule has 0 saturated carbocycles. The van der Waals surface area contributed by atoms with Gasteiger partial charge in [0.15, 0.2) is 0 Å². The monoisotopic (exact) mass is 1760 g/mol. The van der Waals surface area contributed by atoms with Crippen LogP contribution in [0.2, 0.25) is 0 Å². The lowest BCUT2D eigenvalue weighted by molar-refractivity contribution is 0.410. The molecule has 2 aromatic heterocycles. The molecule has 13 aromatic carbocycles. The highest BCUT2D eigenvalue weighted by Gasteiger charge is 2.47. The molecule has 686 valence electrons. The van der Waals surface area contributed by atoms with Gasteiger partial charge >= 0.3 is 0 Å². The van der Waals surface area contributed by atoms with Crippen molar-refractivity contribution in [2.24, 2.45) is 32.5 Å². The summed E-state index contributed by atoms with van der Waals surface area (Å²) in [5.41, 5.74) is 33.0. The fraction of sp³-hybridized carbons (Fsp3) is 0.391. The van der Waals surface area contributed by atoms with Gasteiger partial charge in [0.1, 0.15) is 0 Å². The van der Waals surface area contributed by atoms with Crippen LogP contribution >= 0.6 is 0 Å². The van der Waals surface area contributed by atoms with Gasteiger partial charge in [-0.25, -0.2) is 0 Å². The molecule has 15 aromatic rings. The first-order chi connectivity index (χ1) is 63.3. The summed E-state index contributed by atoms with van der Waals surface area (Å²) in [6.07, 6.45) is -0.394. The number of anilines is 6. The summed E-state index contributed by atoms with van der Waals surface area (Å²) in [5, 5.41) is 4.85. The maximum Gasteiger partial charge on any atom is 0.252 e. The highest BCUT2D eigenvalue weighted by molar-refractivity contribution is 7.00. The van der Waals surface area contributed by atoms with E-state index >= 15 is 0 Å². The topological polar surface area (TPSA) is 16.3 Å². The molecule has 0 saturated heterocycles. The molecule has 5 heteroatoms. The minimum absolute atomic E-state index is 0.0634. The Bertz CT molecular complexity index is 6570. The van der Waals surface area contributed by atoms with Gasteiger partial charge in [-0.3, -0.25) is 0 Å². The maximum absolute atomic E-state index is 10.8. The van der Waals surface area contributed by atoms with E-state index in [9.17, 15) is 5.48 Å². The van der Waals surface area contributed by atoms with Gasteiger partial charge in [-0.15, -0.1) is 0 Å². The van der Waals surface area contributed by atoms with Crippen LogP contribution in [0.1, 0.15) is 295 Å². The van der Waals surface area contributed by atoms with Gasteiger partial charge in [-0.2, -0.15) is 0 Å². The zero-order valence-electron chi connectivity index (χ0n) is 90.8. The fourth-order valence-electron chi connectivity index (χ4n) is 21.1. The second-order valence-electron chi connectivity index (χ2n) is 51.7. The van der Waals surface area contributed by atoms with Gasteiger partial charge in [0.05, 0.1) is 33.4 Å². The van der Waals surface area contributed by atoms with Crippen LogP contribution in [-0.2, 0) is 65.5 Å². The Kier molecular flexibility index (Phi) is 22.0. The molecule has 0 amide bonds. The molecule has 0 fully saturated rings. The van der Waals surface area contributed by atoms with Crippen LogP contribution in [0.5, 0.6) is 0 Å². The van der Waals surface area contributed by atoms with Crippen LogP contribution in [0.15, 0.2) is 243 Å². The number of nitrogens with zero attached hydrogens (tertiary/aromatic N) is 4. The predicted octanol–water partition coefficient (Wildman–Crippen LogP) is 34.7. The molecule has 0 spiro atoms. The van der Waals surface area contributed by atoms with Crippen LogP contribution in [0.3, 0.4) is 0 Å². The van der Waals surface area contributed by atoms with Gasteiger partial charge in [-0.05, 0) is 307 Å². The molecule has 4 nitrogen and oxygen atoms in total. The molecule has 133 heavy (non-hydrogen) atoms. The van der Waals surface area contributed by atoms with E-state index in [4.69, 9.17) is 0 Å². The third-order valence-electron chi connectivity index (χ3n) is 27.0. The zero-order valence-corrected chi connectivity index (χ0v) is 86.8. The molecular formula is C128H151BN4. The molecule has 0 radical (unpaired) electrons. The second-order valence-corrected chi connectivity index (χ2v) is 51.7. The zero-order chi connectivity index (χ0) is 99.4. The Hall–Kier alpha value is -10.9. The van der Waals surface area contributed by atoms with Crippen LogP contribution in [0.25, 0.3) is 99.5 Å². The first-order valence-electron chi connectivity index (χ1n) is 51.3. The van der Waals surface area contributed by atoms with E-state index in [1.54, 1.807) is 0 Å². The normalized spacial score (nSPS) is 14.5. The van der Waals surface area contributed by atoms with Crippen molar-refractivity contribution in [2.75, 3.05) is 9.80 Å². The van der Waals surface area contributed by atoms with E-state index in [-0.39, 0.29) is 43.3 Å². The summed E-state index contributed by atoms with van der Waals surface area (Å²) in [5.74, 6) is 0. The lowest BCUT2D eigenvalue weighted by Crippen LogP contribution is -2.61. The van der Waals surface area contributed by atoms with E-state index in [1.165, 1.54) is 66.1 Å². The lowest BCUT2D eigenvalue weighted by Gasteiger charge is -2.46. The Morgan fingerprint density at radius 2 is 0.489 bits per heavy atom. The van der Waals surface area contributed by atoms with Crippen molar-refractivity contribution in [3.8, 4) is 55.9 Å². The van der Waals surface area contributed by atoms with Crippen molar-refractivity contribution in [3.05, 3.63) is 304 Å². The molecule has 0 atom stereocenters. The number of hydrogen-bond acceptors (Lipinski definition) is 2. The van der Waals surface area contributed by atoms with Crippen LogP contribution < -0.4 is 26.2 Å². The molecule has 2 aliphatic heterocycles. The van der Waals surface area contributed by atoms with Crippen molar-refractivity contribution in [3.63, 3.8) is 0 Å². The minimum Gasteiger partial charge on any atom is -0.310 e. The van der Waals surface area contributed by atoms with E-state index in [0.717, 1.165) is 160 Å². The molecule has 0 unspecified atom stereocenters. The standard InChI is InChI=1S/C128H151BN4/c1-118(2,3)74-80-38-34-42-86(58-80)97-62-84(78-122(13,14)15)63-98(87-43-35-39-81(59-87)75-119(4,5)6)116(97)132-111-72-95(130-107-54-46-90(124(19,20)21)66-101(107)102-67-91(125(22,23)24)47-55-108(102)130)50-52-105(111)129-106-53-51-96(131-109-56-48-92(126(25,26)27)68-103(109)104-69-93(127(28,29)30)49-57-110(104)131)73-112(106)133(114-71-94(128(31,32)33)70-113(132)115(114)129)117-99(88-44-36-40-82(60-88)76-120(7,8)9)64-85(79-123(16,17)18)65-100(117)89-45-37-41-83(61-89)77-121(10,11)12/h34-73H,74-79H2,1-33H3/i78D2,79D2.